The molecule has 13 heteroatoms. The van der Waals surface area contributed by atoms with Crippen LogP contribution >= 0.6 is 11.8 Å². The van der Waals surface area contributed by atoms with E-state index in [1.54, 1.807) is 26.0 Å². The Morgan fingerprint density at radius 3 is 1.93 bits per heavy atom. The molecule has 3 aromatic rings. The molecule has 216 valence electrons. The molecule has 1 saturated heterocycles. The number of hydrogen-bond donors (Lipinski definition) is 1. The highest BCUT2D eigenvalue weighted by Gasteiger charge is 2.48. The zero-order valence-corrected chi connectivity index (χ0v) is 22.3. The number of ether oxygens (including phenoxy) is 2. The number of thioether (sulfide) groups is 1. The molecule has 1 unspecified atom stereocenters. The molecule has 2 aromatic carbocycles. The molecule has 6 nitrogen and oxygen atoms in total. The molecule has 1 N–H and O–H groups in total. The van der Waals surface area contributed by atoms with Crippen molar-refractivity contribution >= 4 is 17.8 Å². The molecule has 1 atom stereocenters. The fraction of sp³-hybridized carbons (Fsp3) is 0.407. The minimum absolute atomic E-state index is 0.0642. The summed E-state index contributed by atoms with van der Waals surface area (Å²) in [4.78, 5) is 3.90. The summed E-state index contributed by atoms with van der Waals surface area (Å²) in [5.41, 5.74) is -2.39. The number of halogens is 6. The van der Waals surface area contributed by atoms with Gasteiger partial charge in [0, 0.05) is 4.75 Å². The van der Waals surface area contributed by atoms with E-state index in [9.17, 15) is 31.4 Å². The molecule has 40 heavy (non-hydrogen) atoms. The summed E-state index contributed by atoms with van der Waals surface area (Å²) in [5.74, 6) is 0. The third kappa shape index (κ3) is 7.06. The Kier molecular flexibility index (Phi) is 8.69. The number of alkyl halides is 6. The predicted molar refractivity (Wildman–Crippen MR) is 137 cm³/mol. The van der Waals surface area contributed by atoms with Crippen LogP contribution in [0.3, 0.4) is 0 Å². The van der Waals surface area contributed by atoms with Crippen molar-refractivity contribution < 1.29 is 40.9 Å². The van der Waals surface area contributed by atoms with Crippen LogP contribution in [0.15, 0.2) is 67.3 Å². The number of aliphatic hydroxyl groups is 1. The van der Waals surface area contributed by atoms with Crippen molar-refractivity contribution in [1.29, 1.82) is 0 Å². The van der Waals surface area contributed by atoms with E-state index in [-0.39, 0.29) is 30.6 Å². The number of nitrogens with zero attached hydrogens (tertiary/aromatic N) is 3. The molecule has 0 amide bonds. The quantitative estimate of drug-likeness (QED) is 0.318. The summed E-state index contributed by atoms with van der Waals surface area (Å²) >= 11 is 1.36. The average molecular weight is 588 g/mol. The fourth-order valence-corrected chi connectivity index (χ4v) is 5.78. The topological polar surface area (TPSA) is 69.4 Å². The van der Waals surface area contributed by atoms with Crippen molar-refractivity contribution in [2.45, 2.75) is 54.6 Å². The van der Waals surface area contributed by atoms with Crippen LogP contribution < -0.4 is 0 Å². The Bertz CT molecular complexity index is 1270. The van der Waals surface area contributed by atoms with Gasteiger partial charge in [0.05, 0.1) is 36.1 Å². The third-order valence-electron chi connectivity index (χ3n) is 6.58. The van der Waals surface area contributed by atoms with Gasteiger partial charge in [-0.2, -0.15) is 31.4 Å². The molecule has 2 heterocycles. The standard InChI is InChI=1S/C27H27F6N3O3S/c1-24(2,25(37,15-36-17-34-16-35-36)19-8-10-21(11-9-19)27(31,32)33)40-22-13-38-23(39-14-22)12-5-18-3-6-20(7-4-18)26(28,29)30/h3-12,16-17,22-23,37H,13-15H2,1-2H3/t22-,23-,25?. The molecule has 1 aliphatic heterocycles. The van der Waals surface area contributed by atoms with Gasteiger partial charge in [-0.05, 0) is 55.3 Å². The smallest absolute Gasteiger partial charge is 0.382 e. The molecular weight excluding hydrogens is 560 g/mol. The molecule has 4 rings (SSSR count). The van der Waals surface area contributed by atoms with Crippen LogP contribution in [0.2, 0.25) is 0 Å². The second-order valence-corrected chi connectivity index (χ2v) is 11.7. The molecule has 0 saturated carbocycles. The van der Waals surface area contributed by atoms with E-state index in [2.05, 4.69) is 10.1 Å². The van der Waals surface area contributed by atoms with Gasteiger partial charge in [0.2, 0.25) is 0 Å². The molecule has 0 bridgehead atoms. The van der Waals surface area contributed by atoms with E-state index < -0.39 is 40.1 Å². The van der Waals surface area contributed by atoms with Gasteiger partial charge in [0.1, 0.15) is 18.3 Å². The Morgan fingerprint density at radius 1 is 0.900 bits per heavy atom. The van der Waals surface area contributed by atoms with Gasteiger partial charge in [-0.25, -0.2) is 9.67 Å². The first kappa shape index (κ1) is 30.1. The number of rotatable bonds is 8. The molecule has 0 spiro atoms. The minimum atomic E-state index is -4.51. The third-order valence-corrected chi connectivity index (χ3v) is 8.11. The first-order valence-corrected chi connectivity index (χ1v) is 13.0. The lowest BCUT2D eigenvalue weighted by molar-refractivity contribution is -0.146. The van der Waals surface area contributed by atoms with E-state index in [0.29, 0.717) is 5.56 Å². The lowest BCUT2D eigenvalue weighted by atomic mass is 9.82. The van der Waals surface area contributed by atoms with Crippen molar-refractivity contribution in [2.24, 2.45) is 0 Å². The van der Waals surface area contributed by atoms with Crippen LogP contribution in [0.25, 0.3) is 6.08 Å². The lowest BCUT2D eigenvalue weighted by Crippen LogP contribution is -2.50. The monoisotopic (exact) mass is 587 g/mol. The average Bonchev–Trinajstić information content (AvgIpc) is 3.40. The van der Waals surface area contributed by atoms with Crippen LogP contribution in [0.4, 0.5) is 26.3 Å². The van der Waals surface area contributed by atoms with Gasteiger partial charge in [0.25, 0.3) is 0 Å². The molecule has 1 aliphatic rings. The van der Waals surface area contributed by atoms with Crippen LogP contribution in [0.1, 0.15) is 36.1 Å². The van der Waals surface area contributed by atoms with Crippen molar-refractivity contribution in [3.8, 4) is 0 Å². The van der Waals surface area contributed by atoms with Crippen LogP contribution in [0, 0.1) is 0 Å². The second kappa shape index (κ2) is 11.6. The molecule has 0 radical (unpaired) electrons. The van der Waals surface area contributed by atoms with Crippen LogP contribution in [0.5, 0.6) is 0 Å². The number of hydrogen-bond acceptors (Lipinski definition) is 6. The zero-order chi connectivity index (χ0) is 29.2. The Morgan fingerprint density at radius 2 is 1.43 bits per heavy atom. The van der Waals surface area contributed by atoms with E-state index in [1.165, 1.54) is 53.4 Å². The maximum Gasteiger partial charge on any atom is 0.416 e. The number of aromatic nitrogens is 3. The van der Waals surface area contributed by atoms with Crippen molar-refractivity contribution in [2.75, 3.05) is 13.2 Å². The Hall–Kier alpha value is -2.87. The SMILES string of the molecule is CC(C)(S[C@H]1CO[C@H](C=Cc2ccc(C(F)(F)F)cc2)OC1)C(O)(Cn1cncn1)c1ccc(C(F)(F)F)cc1. The highest BCUT2D eigenvalue weighted by atomic mass is 32.2. The maximum atomic E-state index is 13.1. The molecular formula is C27H27F6N3O3S. The van der Waals surface area contributed by atoms with Gasteiger partial charge in [0.15, 0.2) is 6.29 Å². The summed E-state index contributed by atoms with van der Waals surface area (Å²) < 4.78 is 89.7. The van der Waals surface area contributed by atoms with E-state index in [4.69, 9.17) is 9.47 Å². The van der Waals surface area contributed by atoms with Crippen molar-refractivity contribution in [3.63, 3.8) is 0 Å². The normalized spacial score (nSPS) is 20.5. The molecule has 1 aromatic heterocycles. The zero-order valence-electron chi connectivity index (χ0n) is 21.5. The van der Waals surface area contributed by atoms with Crippen LogP contribution in [-0.4, -0.2) is 49.4 Å². The number of benzene rings is 2. The van der Waals surface area contributed by atoms with Crippen LogP contribution in [-0.2, 0) is 34.0 Å². The van der Waals surface area contributed by atoms with Gasteiger partial charge < -0.3 is 14.6 Å². The van der Waals surface area contributed by atoms with Gasteiger partial charge in [-0.3, -0.25) is 0 Å². The largest absolute Gasteiger partial charge is 0.416 e. The van der Waals surface area contributed by atoms with Crippen molar-refractivity contribution in [1.82, 2.24) is 14.8 Å². The highest BCUT2D eigenvalue weighted by molar-refractivity contribution is 8.01. The maximum absolute atomic E-state index is 13.1. The summed E-state index contributed by atoms with van der Waals surface area (Å²) in [6, 6.07) is 9.07. The summed E-state index contributed by atoms with van der Waals surface area (Å²) in [6.45, 7) is 3.97. The second-order valence-electron chi connectivity index (χ2n) is 9.79. The summed E-state index contributed by atoms with van der Waals surface area (Å²) in [6.07, 6.45) is -3.73. The summed E-state index contributed by atoms with van der Waals surface area (Å²) in [5, 5.41) is 15.8. The lowest BCUT2D eigenvalue weighted by Gasteiger charge is -2.45. The van der Waals surface area contributed by atoms with Gasteiger partial charge in [-0.1, -0.05) is 30.3 Å². The minimum Gasteiger partial charge on any atom is -0.382 e. The Labute approximate surface area is 231 Å². The van der Waals surface area contributed by atoms with Gasteiger partial charge in [-0.15, -0.1) is 11.8 Å². The predicted octanol–water partition coefficient (Wildman–Crippen LogP) is 6.17. The van der Waals surface area contributed by atoms with E-state index in [1.807, 2.05) is 0 Å². The van der Waals surface area contributed by atoms with Crippen molar-refractivity contribution in [3.05, 3.63) is 89.5 Å². The van der Waals surface area contributed by atoms with E-state index in [0.717, 1.165) is 24.3 Å². The summed E-state index contributed by atoms with van der Waals surface area (Å²) in [7, 11) is 0. The molecule has 1 fully saturated rings. The fourth-order valence-electron chi connectivity index (χ4n) is 4.28. The first-order valence-electron chi connectivity index (χ1n) is 12.2. The highest BCUT2D eigenvalue weighted by Crippen LogP contribution is 2.46. The molecule has 0 aliphatic carbocycles. The first-order chi connectivity index (χ1) is 18.7. The van der Waals surface area contributed by atoms with E-state index >= 15 is 0 Å². The Balaban J connectivity index is 1.43. The van der Waals surface area contributed by atoms with Gasteiger partial charge >= 0.3 is 12.4 Å².